The first-order valence-electron chi connectivity index (χ1n) is 15.1. The van der Waals surface area contributed by atoms with Crippen molar-refractivity contribution in [1.29, 1.82) is 0 Å². The van der Waals surface area contributed by atoms with Crippen LogP contribution >= 0.6 is 31.9 Å². The number of rotatable bonds is 9. The third-order valence-corrected chi connectivity index (χ3v) is 23.8. The van der Waals surface area contributed by atoms with Gasteiger partial charge in [0.05, 0.1) is 5.97 Å². The van der Waals surface area contributed by atoms with Crippen LogP contribution in [0, 0.1) is 0 Å². The number of benzene rings is 6. The van der Waals surface area contributed by atoms with Crippen LogP contribution in [-0.4, -0.2) is 54.7 Å². The summed E-state index contributed by atoms with van der Waals surface area (Å²) in [6.07, 6.45) is -0.685. The van der Waals surface area contributed by atoms with Gasteiger partial charge in [0.2, 0.25) is 0 Å². The predicted octanol–water partition coefficient (Wildman–Crippen LogP) is 2.77. The Balaban J connectivity index is 0.000000172. The molecular weight excluding hydrogens is 942 g/mol. The van der Waals surface area contributed by atoms with Crippen LogP contribution in [0.1, 0.15) is 6.42 Å². The minimum atomic E-state index is -1.98. The van der Waals surface area contributed by atoms with Crippen molar-refractivity contribution in [1.82, 2.24) is 0 Å². The summed E-state index contributed by atoms with van der Waals surface area (Å²) in [4.78, 5) is 19.9. The summed E-state index contributed by atoms with van der Waals surface area (Å²) < 4.78 is 7.47. The van der Waals surface area contributed by atoms with Crippen LogP contribution in [0.15, 0.2) is 182 Å². The van der Waals surface area contributed by atoms with E-state index in [1.54, 1.807) is 0 Å². The molecule has 0 bridgehead atoms. The van der Waals surface area contributed by atoms with Crippen LogP contribution in [-0.2, 0) is 9.59 Å². The number of carbonyl (C=O) groups excluding carboxylic acids is 2. The van der Waals surface area contributed by atoms with Crippen molar-refractivity contribution in [2.75, 3.05) is 0 Å². The molecule has 0 N–H and O–H groups in total. The molecule has 0 amide bonds. The van der Waals surface area contributed by atoms with E-state index in [1.165, 1.54) is 21.5 Å². The Labute approximate surface area is 313 Å². The van der Waals surface area contributed by atoms with E-state index < -0.39 is 61.1 Å². The van der Waals surface area contributed by atoms with Crippen LogP contribution < -0.4 is 31.7 Å². The van der Waals surface area contributed by atoms with Gasteiger partial charge in [-0.05, 0) is 0 Å². The average Bonchev–Trinajstić information content (AvgIpc) is 3.11. The topological polar surface area (TPSA) is 80.3 Å². The Morgan fingerprint density at radius 2 is 0.604 bits per heavy atom. The minimum absolute atomic E-state index is 0.685. The first-order chi connectivity index (χ1) is 23.3. The van der Waals surface area contributed by atoms with Gasteiger partial charge in [0.1, 0.15) is 3.23 Å². The molecule has 0 saturated heterocycles. The van der Waals surface area contributed by atoms with Gasteiger partial charge in [0, 0.05) is 12.4 Å². The van der Waals surface area contributed by atoms with E-state index in [9.17, 15) is 19.8 Å². The van der Waals surface area contributed by atoms with Crippen LogP contribution in [0.5, 0.6) is 0 Å². The fourth-order valence-corrected chi connectivity index (χ4v) is 20.1. The molecule has 0 unspecified atom stereocenters. The van der Waals surface area contributed by atoms with E-state index in [0.717, 1.165) is 0 Å². The number of halogens is 2. The van der Waals surface area contributed by atoms with Gasteiger partial charge >= 0.3 is 243 Å². The molecule has 0 fully saturated rings. The monoisotopic (exact) mass is 974 g/mol. The first kappa shape index (κ1) is 37.6. The number of hydrogen-bond donors (Lipinski definition) is 0. The average molecular weight is 974 g/mol. The number of alkyl halides is 2. The molecule has 0 aromatic heterocycles. The summed E-state index contributed by atoms with van der Waals surface area (Å²) in [6.45, 7) is 0. The third kappa shape index (κ3) is 11.8. The Morgan fingerprint density at radius 1 is 0.417 bits per heavy atom. The zero-order valence-electron chi connectivity index (χ0n) is 25.9. The molecule has 6 rings (SSSR count). The van der Waals surface area contributed by atoms with Crippen molar-refractivity contribution in [2.24, 2.45) is 0 Å². The molecule has 6 aromatic carbocycles. The van der Waals surface area contributed by atoms with Gasteiger partial charge in [-0.25, -0.2) is 0 Å². The van der Waals surface area contributed by atoms with Gasteiger partial charge in [-0.1, -0.05) is 31.9 Å². The second kappa shape index (κ2) is 19.7. The van der Waals surface area contributed by atoms with Crippen LogP contribution in [0.2, 0.25) is 0 Å². The van der Waals surface area contributed by atoms with E-state index in [4.69, 9.17) is 0 Å². The molecule has 238 valence electrons. The molecule has 0 aliphatic carbocycles. The van der Waals surface area contributed by atoms with Crippen LogP contribution in [0.3, 0.4) is 0 Å². The summed E-state index contributed by atoms with van der Waals surface area (Å²) >= 11 is 1.20. The molecule has 8 heteroatoms. The van der Waals surface area contributed by atoms with Crippen LogP contribution in [0.25, 0.3) is 0 Å². The van der Waals surface area contributed by atoms with Crippen molar-refractivity contribution >= 4 is 105 Å². The third-order valence-electron chi connectivity index (χ3n) is 7.04. The number of carboxylic acid groups (broad SMARTS) is 2. The zero-order valence-corrected chi connectivity index (χ0v) is 34.8. The molecule has 4 nitrogen and oxygen atoms in total. The number of carbonyl (C=O) groups is 2. The van der Waals surface area contributed by atoms with Crippen molar-refractivity contribution < 1.29 is 19.8 Å². The summed E-state index contributed by atoms with van der Waals surface area (Å²) in [5.41, 5.74) is 0. The van der Waals surface area contributed by atoms with E-state index >= 15 is 0 Å². The van der Waals surface area contributed by atoms with E-state index in [-0.39, 0.29) is 0 Å². The van der Waals surface area contributed by atoms with Gasteiger partial charge in [-0.2, -0.15) is 0 Å². The Bertz CT molecular complexity index is 1510. The van der Waals surface area contributed by atoms with Crippen molar-refractivity contribution in [3.05, 3.63) is 182 Å². The standard InChI is InChI=1S/6C6H5.C4H4Br2O4.2Sn/c6*1-2-4-6-5-3-1;5-4(6,3(9)10)1-2(7)8;;/h6*1-5H;1H2,(H,7,8)(H,9,10);;/q;;;;;;;2*+1/p-2. The quantitative estimate of drug-likeness (QED) is 0.165. The molecule has 0 spiro atoms. The molecule has 0 aliphatic heterocycles. The van der Waals surface area contributed by atoms with E-state index in [2.05, 4.69) is 214 Å². The molecule has 0 saturated carbocycles. The summed E-state index contributed by atoms with van der Waals surface area (Å²) in [5, 5.41) is 19.9. The fraction of sp³-hybridized carbons (Fsp3) is 0.0500. The van der Waals surface area contributed by atoms with Gasteiger partial charge < -0.3 is 19.8 Å². The Kier molecular flexibility index (Phi) is 15.5. The molecule has 0 atom stereocenters. The molecular formula is C40H32Br2O4Sn2. The van der Waals surface area contributed by atoms with Crippen LogP contribution in [0.4, 0.5) is 0 Å². The van der Waals surface area contributed by atoms with E-state index in [1.807, 2.05) is 0 Å². The maximum atomic E-state index is 10.1. The number of aliphatic carboxylic acids is 2. The second-order valence-corrected chi connectivity index (χ2v) is 28.4. The van der Waals surface area contributed by atoms with Gasteiger partial charge in [-0.15, -0.1) is 0 Å². The summed E-state index contributed by atoms with van der Waals surface area (Å²) in [5.74, 6) is -3.02. The fourth-order valence-electron chi connectivity index (χ4n) is 4.88. The maximum absolute atomic E-state index is 10.1. The SMILES string of the molecule is O=C([O-])CC(Br)(Br)C(=O)[O-].c1cc[c]([Sn+]([c]2ccccc2)[c]2ccccc2)cc1.c1cc[c]([Sn+]([c]2ccccc2)[c]2ccccc2)cc1. The normalized spacial score (nSPS) is 10.3. The zero-order chi connectivity index (χ0) is 34.2. The molecule has 0 radical (unpaired) electrons. The van der Waals surface area contributed by atoms with Gasteiger partial charge in [0.15, 0.2) is 0 Å². The number of carboxylic acids is 2. The van der Waals surface area contributed by atoms with Gasteiger partial charge in [0.25, 0.3) is 0 Å². The molecule has 48 heavy (non-hydrogen) atoms. The van der Waals surface area contributed by atoms with Crippen molar-refractivity contribution in [2.45, 2.75) is 9.65 Å². The number of hydrogen-bond acceptors (Lipinski definition) is 4. The molecule has 0 heterocycles. The molecule has 0 aliphatic rings. The summed E-state index contributed by atoms with van der Waals surface area (Å²) in [6, 6.07) is 65.9. The van der Waals surface area contributed by atoms with Crippen molar-refractivity contribution in [3.8, 4) is 0 Å². The Hall–Kier alpha value is -3.18. The Morgan fingerprint density at radius 3 is 0.729 bits per heavy atom. The van der Waals surface area contributed by atoms with E-state index in [0.29, 0.717) is 0 Å². The van der Waals surface area contributed by atoms with Gasteiger partial charge in [-0.3, -0.25) is 0 Å². The predicted molar refractivity (Wildman–Crippen MR) is 203 cm³/mol. The molecule has 6 aromatic rings. The van der Waals surface area contributed by atoms with Crippen molar-refractivity contribution in [3.63, 3.8) is 0 Å². The summed E-state index contributed by atoms with van der Waals surface area (Å²) in [7, 11) is 0. The second-order valence-electron chi connectivity index (χ2n) is 10.5. The first-order valence-corrected chi connectivity index (χ1v) is 25.3.